The van der Waals surface area contributed by atoms with Crippen molar-refractivity contribution in [2.45, 2.75) is 39.3 Å². The van der Waals surface area contributed by atoms with Crippen LogP contribution >= 0.6 is 0 Å². The number of anilines is 2. The van der Waals surface area contributed by atoms with Crippen molar-refractivity contribution in [2.24, 2.45) is 7.05 Å². The summed E-state index contributed by atoms with van der Waals surface area (Å²) in [6.07, 6.45) is 5.32. The van der Waals surface area contributed by atoms with Gasteiger partial charge in [0, 0.05) is 61.8 Å². The van der Waals surface area contributed by atoms with E-state index in [2.05, 4.69) is 42.0 Å². The maximum atomic E-state index is 13.7. The normalized spacial score (nSPS) is 14.2. The number of fused-ring (bicyclic) bond motifs is 1. The molecule has 6 rings (SSSR count). The molecule has 0 unspecified atom stereocenters. The maximum absolute atomic E-state index is 13.7. The Balaban J connectivity index is 1.33. The predicted octanol–water partition coefficient (Wildman–Crippen LogP) is 5.12. The number of aliphatic hydroxyl groups excluding tert-OH is 1. The Morgan fingerprint density at radius 2 is 1.78 bits per heavy atom. The van der Waals surface area contributed by atoms with Gasteiger partial charge < -0.3 is 19.7 Å². The van der Waals surface area contributed by atoms with Crippen molar-refractivity contribution in [3.63, 3.8) is 0 Å². The van der Waals surface area contributed by atoms with Crippen LogP contribution in [0.2, 0.25) is 0 Å². The lowest BCUT2D eigenvalue weighted by atomic mass is 9.86. The molecule has 4 heterocycles. The summed E-state index contributed by atoms with van der Waals surface area (Å²) in [6.45, 7) is 10.2. The molecule has 9 nitrogen and oxygen atoms in total. The molecule has 0 atom stereocenters. The van der Waals surface area contributed by atoms with Gasteiger partial charge in [-0.3, -0.25) is 19.1 Å². The van der Waals surface area contributed by atoms with Gasteiger partial charge in [-0.2, -0.15) is 0 Å². The number of morpholine rings is 1. The zero-order valence-electron chi connectivity index (χ0n) is 26.2. The minimum Gasteiger partial charge on any atom is -0.392 e. The molecule has 9 heteroatoms. The summed E-state index contributed by atoms with van der Waals surface area (Å²) in [5, 5.41) is 15.3. The summed E-state index contributed by atoms with van der Waals surface area (Å²) in [4.78, 5) is 33.7. The third-order valence-corrected chi connectivity index (χ3v) is 8.43. The molecular formula is C36H39N5O4. The van der Waals surface area contributed by atoms with E-state index in [4.69, 9.17) is 4.74 Å². The van der Waals surface area contributed by atoms with Crippen molar-refractivity contribution in [3.05, 3.63) is 117 Å². The third-order valence-electron chi connectivity index (χ3n) is 8.43. The quantitative estimate of drug-likeness (QED) is 0.266. The van der Waals surface area contributed by atoms with E-state index in [0.717, 1.165) is 60.5 Å². The summed E-state index contributed by atoms with van der Waals surface area (Å²) < 4.78 is 8.52. The van der Waals surface area contributed by atoms with Gasteiger partial charge in [0.25, 0.3) is 11.1 Å². The van der Waals surface area contributed by atoms with Crippen LogP contribution in [0.1, 0.15) is 37.5 Å². The molecule has 1 aliphatic heterocycles. The average molecular weight is 606 g/mol. The van der Waals surface area contributed by atoms with Gasteiger partial charge in [0.15, 0.2) is 0 Å². The van der Waals surface area contributed by atoms with Crippen molar-refractivity contribution in [2.75, 3.05) is 31.6 Å². The fraction of sp³-hybridized carbons (Fsp3) is 0.306. The largest absolute Gasteiger partial charge is 0.392 e. The lowest BCUT2D eigenvalue weighted by Gasteiger charge is -2.26. The van der Waals surface area contributed by atoms with Crippen molar-refractivity contribution >= 4 is 22.3 Å². The molecule has 0 amide bonds. The first-order valence-electron chi connectivity index (χ1n) is 15.2. The number of aliphatic hydroxyl groups is 1. The smallest absolute Gasteiger partial charge is 0.274 e. The second kappa shape index (κ2) is 12.4. The highest BCUT2D eigenvalue weighted by Crippen LogP contribution is 2.30. The number of hydrogen-bond donors (Lipinski definition) is 2. The molecule has 2 aromatic carbocycles. The van der Waals surface area contributed by atoms with Crippen LogP contribution in [-0.4, -0.2) is 50.4 Å². The average Bonchev–Trinajstić information content (AvgIpc) is 3.04. The molecule has 3 aromatic heterocycles. The zero-order valence-corrected chi connectivity index (χ0v) is 26.2. The van der Waals surface area contributed by atoms with Crippen LogP contribution in [-0.2, 0) is 30.4 Å². The van der Waals surface area contributed by atoms with Crippen LogP contribution in [0.5, 0.6) is 0 Å². The number of nitrogens with one attached hydrogen (secondary N) is 1. The number of rotatable bonds is 7. The highest BCUT2D eigenvalue weighted by atomic mass is 16.5. The summed E-state index contributed by atoms with van der Waals surface area (Å²) in [5.41, 5.74) is 4.81. The van der Waals surface area contributed by atoms with Gasteiger partial charge in [0.05, 0.1) is 25.5 Å². The summed E-state index contributed by atoms with van der Waals surface area (Å²) in [6, 6.07) is 19.1. The Morgan fingerprint density at radius 1 is 0.978 bits per heavy atom. The second-order valence-corrected chi connectivity index (χ2v) is 12.6. The molecule has 45 heavy (non-hydrogen) atoms. The topological polar surface area (TPSA) is 102 Å². The lowest BCUT2D eigenvalue weighted by Crippen LogP contribution is -2.35. The molecule has 1 fully saturated rings. The van der Waals surface area contributed by atoms with Crippen molar-refractivity contribution in [1.82, 2.24) is 19.0 Å². The fourth-order valence-corrected chi connectivity index (χ4v) is 5.84. The number of ether oxygens (including phenoxy) is 1. The van der Waals surface area contributed by atoms with Crippen molar-refractivity contribution in [3.8, 4) is 16.8 Å². The molecule has 0 spiro atoms. The van der Waals surface area contributed by atoms with Crippen LogP contribution in [0.4, 0.5) is 11.5 Å². The summed E-state index contributed by atoms with van der Waals surface area (Å²) >= 11 is 0. The van der Waals surface area contributed by atoms with E-state index in [9.17, 15) is 14.7 Å². The Kier molecular flexibility index (Phi) is 8.42. The zero-order chi connectivity index (χ0) is 31.7. The first-order valence-corrected chi connectivity index (χ1v) is 15.2. The molecule has 1 aliphatic rings. The molecule has 0 aliphatic carbocycles. The number of aromatic nitrogens is 3. The number of pyridine rings is 3. The number of hydrogen-bond acceptors (Lipinski definition) is 7. The van der Waals surface area contributed by atoms with E-state index in [1.807, 2.05) is 54.7 Å². The van der Waals surface area contributed by atoms with Crippen LogP contribution < -0.4 is 16.4 Å². The van der Waals surface area contributed by atoms with E-state index in [-0.39, 0.29) is 23.1 Å². The van der Waals surface area contributed by atoms with Gasteiger partial charge in [0.2, 0.25) is 0 Å². The molecule has 0 saturated carbocycles. The van der Waals surface area contributed by atoms with Gasteiger partial charge in [-0.25, -0.2) is 4.98 Å². The van der Waals surface area contributed by atoms with Crippen LogP contribution in [0.3, 0.4) is 0 Å². The molecule has 0 radical (unpaired) electrons. The van der Waals surface area contributed by atoms with Gasteiger partial charge >= 0.3 is 0 Å². The number of nitrogens with zero attached hydrogens (tertiary/aromatic N) is 4. The van der Waals surface area contributed by atoms with Gasteiger partial charge in [-0.15, -0.1) is 0 Å². The molecule has 5 aromatic rings. The lowest BCUT2D eigenvalue weighted by molar-refractivity contribution is 0.0341. The Bertz CT molecular complexity index is 1970. The van der Waals surface area contributed by atoms with Gasteiger partial charge in [-0.05, 0) is 57.8 Å². The summed E-state index contributed by atoms with van der Waals surface area (Å²) in [5.74, 6) is 0.559. The monoisotopic (exact) mass is 605 g/mol. The van der Waals surface area contributed by atoms with E-state index < -0.39 is 0 Å². The van der Waals surface area contributed by atoms with Gasteiger partial charge in [-0.1, -0.05) is 51.1 Å². The first kappa shape index (κ1) is 30.5. The molecular weight excluding hydrogens is 566 g/mol. The molecule has 232 valence electrons. The Labute approximate surface area is 262 Å². The maximum Gasteiger partial charge on any atom is 0.274 e. The molecule has 2 N–H and O–H groups in total. The van der Waals surface area contributed by atoms with Crippen LogP contribution in [0.25, 0.3) is 27.6 Å². The number of benzene rings is 2. The standard InChI is InChI=1S/C36H39N5O4/c1-36(2,3)27-9-10-29-25(18-27)12-13-41(34(29)43)32-7-5-6-28(30(32)23-42)26-19-31(35(44)39(4)22-26)38-33-11-8-24(20-37-33)21-40-14-16-45-17-15-40/h5-13,18-20,22,42H,14-17,21,23H2,1-4H3,(H,37,38). The minimum absolute atomic E-state index is 0.0342. The van der Waals surface area contributed by atoms with Crippen molar-refractivity contribution < 1.29 is 9.84 Å². The molecule has 1 saturated heterocycles. The van der Waals surface area contributed by atoms with E-state index >= 15 is 0 Å². The number of aryl methyl sites for hydroxylation is 1. The first-order chi connectivity index (χ1) is 21.6. The molecule has 0 bridgehead atoms. The minimum atomic E-state index is -0.295. The Morgan fingerprint density at radius 3 is 2.49 bits per heavy atom. The predicted molar refractivity (Wildman–Crippen MR) is 178 cm³/mol. The highest BCUT2D eigenvalue weighted by Gasteiger charge is 2.18. The summed E-state index contributed by atoms with van der Waals surface area (Å²) in [7, 11) is 1.69. The fourth-order valence-electron chi connectivity index (χ4n) is 5.84. The SMILES string of the molecule is Cn1cc(-c2cccc(-n3ccc4cc(C(C)(C)C)ccc4c3=O)c2CO)cc(Nc2ccc(CN3CCOCC3)cn2)c1=O. The van der Waals surface area contributed by atoms with Crippen LogP contribution in [0.15, 0.2) is 88.8 Å². The van der Waals surface area contributed by atoms with E-state index in [1.54, 1.807) is 30.1 Å². The third kappa shape index (κ3) is 6.33. The van der Waals surface area contributed by atoms with Gasteiger partial charge in [0.1, 0.15) is 11.5 Å². The highest BCUT2D eigenvalue weighted by molar-refractivity contribution is 5.83. The second-order valence-electron chi connectivity index (χ2n) is 12.6. The van der Waals surface area contributed by atoms with E-state index in [0.29, 0.717) is 28.1 Å². The van der Waals surface area contributed by atoms with Crippen molar-refractivity contribution in [1.29, 1.82) is 0 Å². The Hall–Kier alpha value is -4.57. The van der Waals surface area contributed by atoms with Crippen LogP contribution in [0, 0.1) is 0 Å². The van der Waals surface area contributed by atoms with E-state index in [1.165, 1.54) is 4.57 Å².